The van der Waals surface area contributed by atoms with Crippen LogP contribution < -0.4 is 5.73 Å². The van der Waals surface area contributed by atoms with Gasteiger partial charge in [0.1, 0.15) is 5.82 Å². The highest BCUT2D eigenvalue weighted by molar-refractivity contribution is 6.30. The molecule has 3 heteroatoms. The lowest BCUT2D eigenvalue weighted by atomic mass is 9.76. The molecular formula is C15H21ClFN. The average Bonchev–Trinajstić information content (AvgIpc) is 2.41. The quantitative estimate of drug-likeness (QED) is 0.846. The van der Waals surface area contributed by atoms with E-state index in [4.69, 9.17) is 17.3 Å². The number of hydrogen-bond acceptors (Lipinski definition) is 1. The van der Waals surface area contributed by atoms with Crippen LogP contribution >= 0.6 is 11.6 Å². The Kier molecular flexibility index (Phi) is 4.63. The van der Waals surface area contributed by atoms with Crippen LogP contribution in [0.25, 0.3) is 0 Å². The van der Waals surface area contributed by atoms with Crippen molar-refractivity contribution in [1.29, 1.82) is 0 Å². The summed E-state index contributed by atoms with van der Waals surface area (Å²) in [6.45, 7) is 2.25. The normalized spacial score (nSPS) is 26.0. The topological polar surface area (TPSA) is 26.0 Å². The molecule has 1 aliphatic rings. The van der Waals surface area contributed by atoms with Gasteiger partial charge in [0.2, 0.25) is 0 Å². The minimum atomic E-state index is -0.369. The van der Waals surface area contributed by atoms with E-state index in [2.05, 4.69) is 6.92 Å². The Balaban J connectivity index is 2.03. The zero-order chi connectivity index (χ0) is 13.1. The third-order valence-corrected chi connectivity index (χ3v) is 4.61. The Morgan fingerprint density at radius 1 is 1.33 bits per heavy atom. The van der Waals surface area contributed by atoms with Gasteiger partial charge in [0, 0.05) is 6.04 Å². The van der Waals surface area contributed by atoms with E-state index in [1.165, 1.54) is 25.3 Å². The molecule has 0 aliphatic heterocycles. The molecule has 0 heterocycles. The number of hydrogen-bond donors (Lipinski definition) is 1. The molecule has 1 aromatic rings. The van der Waals surface area contributed by atoms with Gasteiger partial charge >= 0.3 is 0 Å². The number of nitrogens with two attached hydrogens (primary N) is 1. The van der Waals surface area contributed by atoms with Crippen molar-refractivity contribution in [2.45, 2.75) is 45.1 Å². The summed E-state index contributed by atoms with van der Waals surface area (Å²) < 4.78 is 13.4. The molecule has 1 aliphatic carbocycles. The van der Waals surface area contributed by atoms with Gasteiger partial charge in [-0.2, -0.15) is 0 Å². The average molecular weight is 270 g/mol. The molecule has 18 heavy (non-hydrogen) atoms. The Morgan fingerprint density at radius 3 is 2.56 bits per heavy atom. The zero-order valence-electron chi connectivity index (χ0n) is 10.8. The predicted octanol–water partition coefficient (Wildman–Crippen LogP) is 4.70. The monoisotopic (exact) mass is 269 g/mol. The molecule has 0 amide bonds. The van der Waals surface area contributed by atoms with Crippen LogP contribution in [0.1, 0.15) is 50.6 Å². The maximum atomic E-state index is 13.4. The lowest BCUT2D eigenvalue weighted by Gasteiger charge is -2.32. The summed E-state index contributed by atoms with van der Waals surface area (Å²) >= 11 is 5.69. The van der Waals surface area contributed by atoms with Gasteiger partial charge in [-0.3, -0.25) is 0 Å². The third-order valence-electron chi connectivity index (χ3n) is 4.31. The van der Waals surface area contributed by atoms with Crippen molar-refractivity contribution in [3.63, 3.8) is 0 Å². The van der Waals surface area contributed by atoms with Gasteiger partial charge in [-0.05, 0) is 42.4 Å². The molecule has 2 N–H and O–H groups in total. The Morgan fingerprint density at radius 2 is 2.00 bits per heavy atom. The fourth-order valence-electron chi connectivity index (χ4n) is 2.95. The van der Waals surface area contributed by atoms with E-state index >= 15 is 0 Å². The van der Waals surface area contributed by atoms with E-state index in [-0.39, 0.29) is 16.9 Å². The lowest BCUT2D eigenvalue weighted by Crippen LogP contribution is -2.26. The van der Waals surface area contributed by atoms with Crippen LogP contribution in [0.5, 0.6) is 0 Å². The van der Waals surface area contributed by atoms with E-state index < -0.39 is 0 Å². The van der Waals surface area contributed by atoms with Crippen molar-refractivity contribution in [3.8, 4) is 0 Å². The van der Waals surface area contributed by atoms with Crippen LogP contribution in [-0.2, 0) is 0 Å². The maximum Gasteiger partial charge on any atom is 0.142 e. The molecule has 2 rings (SSSR count). The van der Waals surface area contributed by atoms with Gasteiger partial charge < -0.3 is 5.73 Å². The summed E-state index contributed by atoms with van der Waals surface area (Å²) in [6, 6.07) is 4.87. The Bertz CT molecular complexity index is 399. The summed E-state index contributed by atoms with van der Waals surface area (Å²) in [5.74, 6) is 0.968. The van der Waals surface area contributed by atoms with Gasteiger partial charge in [-0.15, -0.1) is 0 Å². The second kappa shape index (κ2) is 6.03. The van der Waals surface area contributed by atoms with Crippen molar-refractivity contribution < 1.29 is 4.39 Å². The first-order valence-electron chi connectivity index (χ1n) is 6.82. The number of halogens is 2. The summed E-state index contributed by atoms with van der Waals surface area (Å²) in [7, 11) is 0. The molecule has 0 spiro atoms. The van der Waals surface area contributed by atoms with Crippen molar-refractivity contribution in [1.82, 2.24) is 0 Å². The van der Waals surface area contributed by atoms with Crippen molar-refractivity contribution in [3.05, 3.63) is 34.6 Å². The molecule has 0 radical (unpaired) electrons. The fraction of sp³-hybridized carbons (Fsp3) is 0.600. The van der Waals surface area contributed by atoms with Crippen molar-refractivity contribution >= 4 is 11.6 Å². The standard InChI is InChI=1S/C15H21ClFN/c1-2-10-3-5-11(6-4-10)15(18)12-7-8-13(16)14(17)9-12/h7-11,15H,2-6,18H2,1H3. The molecule has 1 unspecified atom stereocenters. The van der Waals surface area contributed by atoms with Gasteiger partial charge in [-0.1, -0.05) is 43.9 Å². The summed E-state index contributed by atoms with van der Waals surface area (Å²) in [6.07, 6.45) is 6.08. The highest BCUT2D eigenvalue weighted by atomic mass is 35.5. The van der Waals surface area contributed by atoms with Crippen LogP contribution in [-0.4, -0.2) is 0 Å². The van der Waals surface area contributed by atoms with Gasteiger partial charge in [0.25, 0.3) is 0 Å². The molecular weight excluding hydrogens is 249 g/mol. The first-order chi connectivity index (χ1) is 8.61. The van der Waals surface area contributed by atoms with E-state index in [1.54, 1.807) is 6.07 Å². The van der Waals surface area contributed by atoms with Gasteiger partial charge in [0.15, 0.2) is 0 Å². The molecule has 1 saturated carbocycles. The first-order valence-corrected chi connectivity index (χ1v) is 7.20. The second-order valence-corrected chi connectivity index (χ2v) is 5.80. The van der Waals surface area contributed by atoms with Crippen molar-refractivity contribution in [2.24, 2.45) is 17.6 Å². The van der Waals surface area contributed by atoms with Gasteiger partial charge in [0.05, 0.1) is 5.02 Å². The van der Waals surface area contributed by atoms with Crippen LogP contribution in [0.2, 0.25) is 5.02 Å². The predicted molar refractivity (Wildman–Crippen MR) is 74.1 cm³/mol. The first kappa shape index (κ1) is 13.8. The van der Waals surface area contributed by atoms with Crippen LogP contribution in [0, 0.1) is 17.7 Å². The molecule has 0 aromatic heterocycles. The second-order valence-electron chi connectivity index (χ2n) is 5.39. The van der Waals surface area contributed by atoms with Gasteiger partial charge in [-0.25, -0.2) is 4.39 Å². The molecule has 1 nitrogen and oxygen atoms in total. The summed E-state index contributed by atoms with van der Waals surface area (Å²) in [5.41, 5.74) is 7.14. The molecule has 1 atom stereocenters. The largest absolute Gasteiger partial charge is 0.324 e. The van der Waals surface area contributed by atoms with E-state index in [1.807, 2.05) is 6.07 Å². The van der Waals surface area contributed by atoms with Crippen LogP contribution in [0.4, 0.5) is 4.39 Å². The summed E-state index contributed by atoms with van der Waals surface area (Å²) in [5, 5.41) is 0.167. The molecule has 100 valence electrons. The van der Waals surface area contributed by atoms with E-state index in [0.717, 1.165) is 24.3 Å². The SMILES string of the molecule is CCC1CCC(C(N)c2ccc(Cl)c(F)c2)CC1. The Hall–Kier alpha value is -0.600. The maximum absolute atomic E-state index is 13.4. The molecule has 1 aromatic carbocycles. The van der Waals surface area contributed by atoms with Crippen LogP contribution in [0.15, 0.2) is 18.2 Å². The minimum Gasteiger partial charge on any atom is -0.324 e. The lowest BCUT2D eigenvalue weighted by molar-refractivity contribution is 0.239. The Labute approximate surface area is 114 Å². The highest BCUT2D eigenvalue weighted by Crippen LogP contribution is 2.37. The van der Waals surface area contributed by atoms with E-state index in [0.29, 0.717) is 5.92 Å². The summed E-state index contributed by atoms with van der Waals surface area (Å²) in [4.78, 5) is 0. The minimum absolute atomic E-state index is 0.0606. The third kappa shape index (κ3) is 3.04. The molecule has 0 saturated heterocycles. The number of benzene rings is 1. The highest BCUT2D eigenvalue weighted by Gasteiger charge is 2.26. The molecule has 1 fully saturated rings. The smallest absolute Gasteiger partial charge is 0.142 e. The fourth-order valence-corrected chi connectivity index (χ4v) is 3.07. The van der Waals surface area contributed by atoms with Crippen molar-refractivity contribution in [2.75, 3.05) is 0 Å². The molecule has 0 bridgehead atoms. The van der Waals surface area contributed by atoms with Crippen LogP contribution in [0.3, 0.4) is 0 Å². The number of rotatable bonds is 3. The van der Waals surface area contributed by atoms with E-state index in [9.17, 15) is 4.39 Å². The zero-order valence-corrected chi connectivity index (χ0v) is 11.6.